The number of benzene rings is 1. The van der Waals surface area contributed by atoms with Crippen molar-refractivity contribution in [3.8, 4) is 0 Å². The number of halogens is 2. The van der Waals surface area contributed by atoms with E-state index in [4.69, 9.17) is 32.8 Å². The minimum absolute atomic E-state index is 0.0707. The van der Waals surface area contributed by atoms with Gasteiger partial charge in [-0.25, -0.2) is 0 Å². The molecular formula is C20H29BCl2N3O6. The third kappa shape index (κ3) is 11.2. The SMILES string of the molecule is CC(C)(C)OC(=O)C[C@H](Cc1cc(CON(CCCl)CCCl)ccc1[N+](=O)[O-])N[B]C=O. The topological polar surface area (TPSA) is 111 Å². The quantitative estimate of drug-likeness (QED) is 0.100. The van der Waals surface area contributed by atoms with Crippen molar-refractivity contribution >= 4 is 48.5 Å². The van der Waals surface area contributed by atoms with Gasteiger partial charge in [-0.1, -0.05) is 0 Å². The number of hydrogen-bond acceptors (Lipinski definition) is 8. The van der Waals surface area contributed by atoms with E-state index >= 15 is 0 Å². The molecule has 9 nitrogen and oxygen atoms in total. The van der Waals surface area contributed by atoms with Gasteiger partial charge in [0.05, 0.1) is 24.1 Å². The number of nitrogens with one attached hydrogen (secondary N) is 1. The third-order valence-electron chi connectivity index (χ3n) is 4.12. The number of nitro benzene ring substituents is 1. The summed E-state index contributed by atoms with van der Waals surface area (Å²) in [7, 11) is 1.16. The van der Waals surface area contributed by atoms with E-state index in [1.165, 1.54) is 6.07 Å². The zero-order valence-corrected chi connectivity index (χ0v) is 20.0. The largest absolute Gasteiger partial charge is 0.460 e. The number of carbonyl (C=O) groups excluding carboxylic acids is 2. The van der Waals surface area contributed by atoms with Crippen LogP contribution in [0.15, 0.2) is 18.2 Å². The lowest BCUT2D eigenvalue weighted by atomic mass is 9.92. The summed E-state index contributed by atoms with van der Waals surface area (Å²) in [6, 6.07) is 4.08. The predicted molar refractivity (Wildman–Crippen MR) is 124 cm³/mol. The molecule has 0 heterocycles. The monoisotopic (exact) mass is 488 g/mol. The Labute approximate surface area is 199 Å². The standard InChI is InChI=1S/C20H29BCl2N3O6/c1-20(2,3)32-19(28)12-17(24-21-14-27)11-16-10-15(4-5-18(16)26(29)30)13-31-25(8-6-22)9-7-23/h4-5,10,14,17,24H,6-9,11-13H2,1-3H3/t17-/m0/s1. The van der Waals surface area contributed by atoms with E-state index in [1.54, 1.807) is 38.0 Å². The summed E-state index contributed by atoms with van der Waals surface area (Å²) < 4.78 is 5.34. The molecule has 177 valence electrons. The Balaban J connectivity index is 3.02. The van der Waals surface area contributed by atoms with Crippen molar-refractivity contribution in [1.29, 1.82) is 0 Å². The van der Waals surface area contributed by atoms with Crippen molar-refractivity contribution in [2.45, 2.75) is 51.9 Å². The van der Waals surface area contributed by atoms with Crippen LogP contribution in [0.2, 0.25) is 0 Å². The average molecular weight is 489 g/mol. The maximum atomic E-state index is 12.3. The number of rotatable bonds is 15. The molecule has 0 fully saturated rings. The van der Waals surface area contributed by atoms with Crippen LogP contribution in [-0.4, -0.2) is 66.0 Å². The molecule has 1 radical (unpaired) electrons. The molecule has 12 heteroatoms. The first-order valence-corrected chi connectivity index (χ1v) is 11.2. The van der Waals surface area contributed by atoms with Crippen molar-refractivity contribution in [3.05, 3.63) is 39.4 Å². The summed E-state index contributed by atoms with van der Waals surface area (Å²) in [6.45, 7) is 6.38. The lowest BCUT2D eigenvalue weighted by molar-refractivity contribution is -0.385. The van der Waals surface area contributed by atoms with Gasteiger partial charge in [-0.05, 0) is 44.9 Å². The van der Waals surface area contributed by atoms with E-state index < -0.39 is 22.5 Å². The summed E-state index contributed by atoms with van der Waals surface area (Å²) >= 11 is 11.5. The Morgan fingerprint density at radius 2 is 1.97 bits per heavy atom. The van der Waals surface area contributed by atoms with Gasteiger partial charge in [0, 0.05) is 42.5 Å². The van der Waals surface area contributed by atoms with Crippen LogP contribution in [-0.2, 0) is 32.2 Å². The first-order chi connectivity index (χ1) is 15.1. The molecule has 0 aliphatic rings. The van der Waals surface area contributed by atoms with Crippen LogP contribution < -0.4 is 5.23 Å². The number of alkyl halides is 2. The molecule has 0 spiro atoms. The van der Waals surface area contributed by atoms with E-state index in [2.05, 4.69) is 5.23 Å². The first kappa shape index (κ1) is 28.3. The molecule has 1 atom stereocenters. The summed E-state index contributed by atoms with van der Waals surface area (Å²) in [5, 5.41) is 16.0. The van der Waals surface area contributed by atoms with Gasteiger partial charge in [-0.2, -0.15) is 5.06 Å². The zero-order chi connectivity index (χ0) is 24.1. The Kier molecular flexibility index (Phi) is 12.8. The zero-order valence-electron chi connectivity index (χ0n) is 18.5. The van der Waals surface area contributed by atoms with E-state index in [0.29, 0.717) is 42.2 Å². The second kappa shape index (κ2) is 14.4. The summed E-state index contributed by atoms with van der Waals surface area (Å²) in [5.41, 5.74) is 0.346. The van der Waals surface area contributed by atoms with Crippen LogP contribution in [0.1, 0.15) is 38.3 Å². The fourth-order valence-electron chi connectivity index (χ4n) is 2.88. The van der Waals surface area contributed by atoms with E-state index in [9.17, 15) is 19.7 Å². The molecule has 32 heavy (non-hydrogen) atoms. The molecule has 0 saturated carbocycles. The number of hydrogen-bond donors (Lipinski definition) is 1. The lowest BCUT2D eigenvalue weighted by Gasteiger charge is -2.23. The first-order valence-electron chi connectivity index (χ1n) is 10.1. The predicted octanol–water partition coefficient (Wildman–Crippen LogP) is 2.85. The fourth-order valence-corrected chi connectivity index (χ4v) is 3.26. The van der Waals surface area contributed by atoms with Gasteiger partial charge >= 0.3 is 5.97 Å². The normalized spacial score (nSPS) is 12.4. The van der Waals surface area contributed by atoms with Crippen molar-refractivity contribution < 1.29 is 24.1 Å². The minimum Gasteiger partial charge on any atom is -0.460 e. The Morgan fingerprint density at radius 1 is 1.31 bits per heavy atom. The van der Waals surface area contributed by atoms with Gasteiger partial charge < -0.3 is 14.8 Å². The van der Waals surface area contributed by atoms with Crippen LogP contribution >= 0.6 is 23.2 Å². The highest BCUT2D eigenvalue weighted by atomic mass is 35.5. The van der Waals surface area contributed by atoms with Crippen LogP contribution in [0.3, 0.4) is 0 Å². The molecule has 0 aliphatic heterocycles. The van der Waals surface area contributed by atoms with Gasteiger partial charge in [0.25, 0.3) is 13.1 Å². The number of carbonyl (C=O) groups is 2. The number of esters is 1. The van der Waals surface area contributed by atoms with Gasteiger partial charge in [-0.3, -0.25) is 19.7 Å². The number of nitrogens with zero attached hydrogens (tertiary/aromatic N) is 2. The molecule has 1 aromatic rings. The Hall–Kier alpha value is -1.72. The highest BCUT2D eigenvalue weighted by Gasteiger charge is 2.24. The fraction of sp³-hybridized carbons (Fsp3) is 0.600. The van der Waals surface area contributed by atoms with Crippen LogP contribution in [0.4, 0.5) is 5.69 Å². The smallest absolute Gasteiger partial charge is 0.307 e. The number of hydroxylamine groups is 2. The molecule has 0 saturated heterocycles. The summed E-state index contributed by atoms with van der Waals surface area (Å²) in [5.74, 6) is 0.260. The van der Waals surface area contributed by atoms with Gasteiger partial charge in [0.2, 0.25) is 0 Å². The number of nitro groups is 1. The van der Waals surface area contributed by atoms with Gasteiger partial charge in [-0.15, -0.1) is 23.2 Å². The van der Waals surface area contributed by atoms with Crippen molar-refractivity contribution in [3.63, 3.8) is 0 Å². The third-order valence-corrected chi connectivity index (χ3v) is 4.46. The Morgan fingerprint density at radius 3 is 2.50 bits per heavy atom. The second-order valence-corrected chi connectivity index (χ2v) is 8.72. The average Bonchev–Trinajstić information content (AvgIpc) is 2.69. The van der Waals surface area contributed by atoms with E-state index in [0.717, 1.165) is 7.41 Å². The van der Waals surface area contributed by atoms with Crippen LogP contribution in [0, 0.1) is 10.1 Å². The van der Waals surface area contributed by atoms with Gasteiger partial charge in [0.15, 0.2) is 0 Å². The molecule has 0 unspecified atom stereocenters. The maximum Gasteiger partial charge on any atom is 0.307 e. The summed E-state index contributed by atoms with van der Waals surface area (Å²) in [6.07, 6.45) is 0.600. The molecule has 0 aliphatic carbocycles. The molecule has 1 rings (SSSR count). The highest BCUT2D eigenvalue weighted by molar-refractivity contribution is 6.64. The van der Waals surface area contributed by atoms with Crippen molar-refractivity contribution in [2.24, 2.45) is 0 Å². The summed E-state index contributed by atoms with van der Waals surface area (Å²) in [4.78, 5) is 39.8. The van der Waals surface area contributed by atoms with Crippen molar-refractivity contribution in [1.82, 2.24) is 10.3 Å². The van der Waals surface area contributed by atoms with Crippen LogP contribution in [0.5, 0.6) is 0 Å². The molecule has 0 amide bonds. The lowest BCUT2D eigenvalue weighted by Crippen LogP contribution is -2.38. The number of ether oxygens (including phenoxy) is 1. The molecular weight excluding hydrogens is 460 g/mol. The van der Waals surface area contributed by atoms with E-state index in [-0.39, 0.29) is 25.1 Å². The maximum absolute atomic E-state index is 12.3. The molecule has 1 aromatic carbocycles. The second-order valence-electron chi connectivity index (χ2n) is 7.96. The Bertz CT molecular complexity index is 757. The van der Waals surface area contributed by atoms with Gasteiger partial charge in [0.1, 0.15) is 5.60 Å². The molecule has 1 N–H and O–H groups in total. The highest BCUT2D eigenvalue weighted by Crippen LogP contribution is 2.23. The van der Waals surface area contributed by atoms with E-state index in [1.807, 2.05) is 0 Å². The van der Waals surface area contributed by atoms with Crippen LogP contribution in [0.25, 0.3) is 0 Å². The minimum atomic E-state index is -0.669. The molecule has 0 bridgehead atoms. The molecule has 0 aromatic heterocycles. The van der Waals surface area contributed by atoms with Crippen molar-refractivity contribution in [2.75, 3.05) is 24.8 Å².